The summed E-state index contributed by atoms with van der Waals surface area (Å²) in [6.45, 7) is 0.242. The van der Waals surface area contributed by atoms with Crippen molar-refractivity contribution in [3.8, 4) is 6.07 Å². The molecule has 0 aromatic carbocycles. The zero-order valence-electron chi connectivity index (χ0n) is 8.86. The maximum Gasteiger partial charge on any atom is 0.305 e. The summed E-state index contributed by atoms with van der Waals surface area (Å²) in [4.78, 5) is 13.8. The van der Waals surface area contributed by atoms with Crippen LogP contribution in [0.25, 0.3) is 0 Å². The van der Waals surface area contributed by atoms with Crippen molar-refractivity contribution in [2.45, 2.75) is 6.54 Å². The lowest BCUT2D eigenvalue weighted by Crippen LogP contribution is -2.05. The van der Waals surface area contributed by atoms with Gasteiger partial charge in [-0.25, -0.2) is 4.98 Å². The highest BCUT2D eigenvalue weighted by Crippen LogP contribution is 2.18. The van der Waals surface area contributed by atoms with Gasteiger partial charge < -0.3 is 5.32 Å². The molecule has 0 unspecified atom stereocenters. The van der Waals surface area contributed by atoms with Gasteiger partial charge in [-0.05, 0) is 6.07 Å². The molecule has 2 N–H and O–H groups in total. The number of nitro groups is 1. The Hall–Kier alpha value is -3.09. The molecular weight excluding hydrogens is 240 g/mol. The molecule has 0 aliphatic carbocycles. The maximum atomic E-state index is 10.6. The third kappa shape index (κ3) is 2.35. The molecule has 2 aromatic heterocycles. The first-order valence-corrected chi connectivity index (χ1v) is 4.72. The molecule has 0 saturated carbocycles. The van der Waals surface area contributed by atoms with Gasteiger partial charge in [-0.3, -0.25) is 10.1 Å². The normalized spacial score (nSPS) is 9.72. The molecule has 0 radical (unpaired) electrons. The summed E-state index contributed by atoms with van der Waals surface area (Å²) in [5, 5.41) is 35.2. The summed E-state index contributed by atoms with van der Waals surface area (Å²) in [7, 11) is 0. The zero-order valence-corrected chi connectivity index (χ0v) is 8.86. The van der Waals surface area contributed by atoms with Crippen LogP contribution in [0.2, 0.25) is 0 Å². The van der Waals surface area contributed by atoms with E-state index in [4.69, 9.17) is 5.26 Å². The van der Waals surface area contributed by atoms with Gasteiger partial charge in [0, 0.05) is 6.07 Å². The van der Waals surface area contributed by atoms with E-state index in [1.807, 2.05) is 0 Å². The van der Waals surface area contributed by atoms with Gasteiger partial charge >= 0.3 is 5.69 Å². The fourth-order valence-corrected chi connectivity index (χ4v) is 1.21. The molecule has 0 fully saturated rings. The van der Waals surface area contributed by atoms with E-state index < -0.39 is 4.92 Å². The molecule has 2 rings (SSSR count). The third-order valence-electron chi connectivity index (χ3n) is 1.99. The summed E-state index contributed by atoms with van der Waals surface area (Å²) < 4.78 is 0. The largest absolute Gasteiger partial charge is 0.363 e. The van der Waals surface area contributed by atoms with Crippen LogP contribution in [0.4, 0.5) is 11.5 Å². The second kappa shape index (κ2) is 4.83. The van der Waals surface area contributed by atoms with Crippen molar-refractivity contribution < 1.29 is 4.92 Å². The molecule has 2 heterocycles. The Labute approximate surface area is 99.8 Å². The number of tetrazole rings is 1. The van der Waals surface area contributed by atoms with Crippen molar-refractivity contribution in [1.82, 2.24) is 25.6 Å². The van der Waals surface area contributed by atoms with Crippen molar-refractivity contribution >= 4 is 11.5 Å². The van der Waals surface area contributed by atoms with Crippen molar-refractivity contribution in [2.75, 3.05) is 5.32 Å². The lowest BCUT2D eigenvalue weighted by molar-refractivity contribution is -0.385. The lowest BCUT2D eigenvalue weighted by Gasteiger charge is -2.02. The second-order valence-electron chi connectivity index (χ2n) is 3.11. The van der Waals surface area contributed by atoms with Crippen LogP contribution in [0.5, 0.6) is 0 Å². The highest BCUT2D eigenvalue weighted by Gasteiger charge is 2.15. The number of aromatic nitrogens is 5. The number of pyridine rings is 1. The molecule has 0 atom stereocenters. The van der Waals surface area contributed by atoms with Gasteiger partial charge in [-0.1, -0.05) is 5.21 Å². The minimum absolute atomic E-state index is 0.242. The fourth-order valence-electron chi connectivity index (χ4n) is 1.21. The second-order valence-corrected chi connectivity index (χ2v) is 3.11. The van der Waals surface area contributed by atoms with E-state index in [0.29, 0.717) is 11.6 Å². The van der Waals surface area contributed by atoms with Gasteiger partial charge in [-0.15, -0.1) is 10.2 Å². The fraction of sp³-hybridized carbons (Fsp3) is 0.125. The zero-order chi connectivity index (χ0) is 13.0. The molecule has 2 aromatic rings. The highest BCUT2D eigenvalue weighted by molar-refractivity contribution is 5.50. The summed E-state index contributed by atoms with van der Waals surface area (Å²) in [5.74, 6) is 0.732. The van der Waals surface area contributed by atoms with Crippen molar-refractivity contribution in [2.24, 2.45) is 0 Å². The molecule has 0 aliphatic rings. The van der Waals surface area contributed by atoms with Crippen LogP contribution in [0.1, 0.15) is 11.5 Å². The minimum atomic E-state index is -0.658. The van der Waals surface area contributed by atoms with Crippen LogP contribution in [0.3, 0.4) is 0 Å². The molecule has 10 heteroatoms. The van der Waals surface area contributed by atoms with Gasteiger partial charge in [0.05, 0.1) is 11.5 Å². The first-order valence-electron chi connectivity index (χ1n) is 4.72. The SMILES string of the molecule is N#Cc1nc(NCc2nn[nH]n2)ccc1[N+](=O)[O-]. The van der Waals surface area contributed by atoms with Gasteiger partial charge in [0.15, 0.2) is 5.82 Å². The van der Waals surface area contributed by atoms with E-state index in [1.165, 1.54) is 12.1 Å². The average molecular weight is 246 g/mol. The van der Waals surface area contributed by atoms with Crippen LogP contribution in [-0.4, -0.2) is 30.5 Å². The Morgan fingerprint density at radius 1 is 1.56 bits per heavy atom. The standard InChI is InChI=1S/C8H6N8O2/c9-3-5-6(16(17)18)1-2-7(11-5)10-4-8-12-14-15-13-8/h1-2H,4H2,(H,10,11)(H,12,13,14,15). The molecule has 0 aliphatic heterocycles. The first kappa shape index (κ1) is 11.4. The van der Waals surface area contributed by atoms with Crippen LogP contribution >= 0.6 is 0 Å². The number of H-pyrrole nitrogens is 1. The van der Waals surface area contributed by atoms with Crippen molar-refractivity contribution in [3.05, 3.63) is 33.8 Å². The molecular formula is C8H6N8O2. The van der Waals surface area contributed by atoms with Crippen LogP contribution < -0.4 is 5.32 Å². The molecule has 0 spiro atoms. The smallest absolute Gasteiger partial charge is 0.305 e. The lowest BCUT2D eigenvalue weighted by atomic mass is 10.3. The van der Waals surface area contributed by atoms with Crippen LogP contribution in [-0.2, 0) is 6.54 Å². The van der Waals surface area contributed by atoms with Gasteiger partial charge in [0.1, 0.15) is 11.9 Å². The van der Waals surface area contributed by atoms with E-state index in [1.54, 1.807) is 6.07 Å². The van der Waals surface area contributed by atoms with Gasteiger partial charge in [-0.2, -0.15) is 10.5 Å². The van der Waals surface area contributed by atoms with E-state index in [0.717, 1.165) is 0 Å². The summed E-state index contributed by atoms with van der Waals surface area (Å²) >= 11 is 0. The number of hydrogen-bond acceptors (Lipinski definition) is 8. The van der Waals surface area contributed by atoms with E-state index in [9.17, 15) is 10.1 Å². The van der Waals surface area contributed by atoms with E-state index in [2.05, 4.69) is 30.9 Å². The molecule has 0 amide bonds. The maximum absolute atomic E-state index is 10.6. The Morgan fingerprint density at radius 2 is 2.39 bits per heavy atom. The summed E-state index contributed by atoms with van der Waals surface area (Å²) in [6, 6.07) is 4.28. The Bertz CT molecular complexity index is 602. The average Bonchev–Trinajstić information content (AvgIpc) is 2.88. The number of aromatic amines is 1. The van der Waals surface area contributed by atoms with Gasteiger partial charge in [0.25, 0.3) is 0 Å². The quantitative estimate of drug-likeness (QED) is 0.565. The van der Waals surface area contributed by atoms with Gasteiger partial charge in [0.2, 0.25) is 5.69 Å². The Morgan fingerprint density at radius 3 is 3.00 bits per heavy atom. The first-order chi connectivity index (χ1) is 8.70. The predicted molar refractivity (Wildman–Crippen MR) is 57.1 cm³/mol. The molecule has 18 heavy (non-hydrogen) atoms. The minimum Gasteiger partial charge on any atom is -0.363 e. The third-order valence-corrected chi connectivity index (χ3v) is 1.99. The molecule has 90 valence electrons. The molecule has 0 saturated heterocycles. The van der Waals surface area contributed by atoms with Crippen molar-refractivity contribution in [3.63, 3.8) is 0 Å². The highest BCUT2D eigenvalue weighted by atomic mass is 16.6. The Kier molecular flexibility index (Phi) is 3.06. The number of rotatable bonds is 4. The topological polar surface area (TPSA) is 146 Å². The predicted octanol–water partition coefficient (Wildman–Crippen LogP) is -0.0133. The number of nitrogens with zero attached hydrogens (tertiary/aromatic N) is 6. The van der Waals surface area contributed by atoms with E-state index in [-0.39, 0.29) is 17.9 Å². The summed E-state index contributed by atoms with van der Waals surface area (Å²) in [6.07, 6.45) is 0. The van der Waals surface area contributed by atoms with Crippen molar-refractivity contribution in [1.29, 1.82) is 5.26 Å². The Balaban J connectivity index is 2.15. The number of nitrogens with one attached hydrogen (secondary N) is 2. The van der Waals surface area contributed by atoms with Crippen LogP contribution in [0, 0.1) is 21.4 Å². The monoisotopic (exact) mass is 246 g/mol. The van der Waals surface area contributed by atoms with Crippen LogP contribution in [0.15, 0.2) is 12.1 Å². The molecule has 0 bridgehead atoms. The number of nitriles is 1. The number of anilines is 1. The van der Waals surface area contributed by atoms with E-state index >= 15 is 0 Å². The number of hydrogen-bond donors (Lipinski definition) is 2. The summed E-state index contributed by atoms with van der Waals surface area (Å²) in [5.41, 5.74) is -0.583. The molecule has 10 nitrogen and oxygen atoms in total.